The van der Waals surface area contributed by atoms with Gasteiger partial charge >= 0.3 is 0 Å². The zero-order chi connectivity index (χ0) is 15.8. The minimum atomic E-state index is -2.63. The van der Waals surface area contributed by atoms with Gasteiger partial charge in [-0.1, -0.05) is 20.3 Å². The Morgan fingerprint density at radius 2 is 2.24 bits per heavy atom. The van der Waals surface area contributed by atoms with E-state index >= 15 is 0 Å². The van der Waals surface area contributed by atoms with Crippen LogP contribution < -0.4 is 10.1 Å². The summed E-state index contributed by atoms with van der Waals surface area (Å²) in [6.07, 6.45) is -1.15. The highest BCUT2D eigenvalue weighted by Gasteiger charge is 2.18. The summed E-state index contributed by atoms with van der Waals surface area (Å²) in [5.41, 5.74) is -0.0745. The molecule has 0 saturated heterocycles. The number of nitrogens with one attached hydrogen (secondary N) is 1. The first-order valence-corrected chi connectivity index (χ1v) is 6.77. The van der Waals surface area contributed by atoms with E-state index in [-0.39, 0.29) is 23.9 Å². The van der Waals surface area contributed by atoms with E-state index in [4.69, 9.17) is 4.74 Å². The number of rotatable bonds is 8. The summed E-state index contributed by atoms with van der Waals surface area (Å²) in [7, 11) is 0. The van der Waals surface area contributed by atoms with Gasteiger partial charge in [0.1, 0.15) is 6.61 Å². The van der Waals surface area contributed by atoms with Gasteiger partial charge in [0.05, 0.1) is 6.10 Å². The van der Waals surface area contributed by atoms with Crippen molar-refractivity contribution < 1.29 is 23.4 Å². The lowest BCUT2D eigenvalue weighted by Crippen LogP contribution is -2.36. The molecule has 0 aromatic carbocycles. The van der Waals surface area contributed by atoms with Crippen LogP contribution in [0.4, 0.5) is 8.78 Å². The van der Waals surface area contributed by atoms with Crippen molar-refractivity contribution in [1.29, 1.82) is 0 Å². The second kappa shape index (κ2) is 8.51. The van der Waals surface area contributed by atoms with Crippen molar-refractivity contribution >= 4 is 5.91 Å². The molecule has 2 atom stereocenters. The second-order valence-corrected chi connectivity index (χ2v) is 4.72. The Kier molecular flexibility index (Phi) is 7.01. The van der Waals surface area contributed by atoms with E-state index in [2.05, 4.69) is 10.3 Å². The smallest absolute Gasteiger partial charge is 0.273 e. The molecule has 2 unspecified atom stereocenters. The van der Waals surface area contributed by atoms with E-state index in [1.807, 2.05) is 13.8 Å². The Bertz CT molecular complexity index is 458. The third kappa shape index (κ3) is 5.63. The summed E-state index contributed by atoms with van der Waals surface area (Å²) in [6.45, 7) is 3.07. The van der Waals surface area contributed by atoms with E-state index in [1.54, 1.807) is 0 Å². The number of hydrogen-bond donors (Lipinski definition) is 2. The molecule has 1 aromatic rings. The number of pyridine rings is 1. The van der Waals surface area contributed by atoms with E-state index in [9.17, 15) is 18.7 Å². The highest BCUT2D eigenvalue weighted by molar-refractivity contribution is 5.94. The van der Waals surface area contributed by atoms with Crippen molar-refractivity contribution in [2.45, 2.75) is 32.8 Å². The van der Waals surface area contributed by atoms with Crippen LogP contribution in [0.3, 0.4) is 0 Å². The fourth-order valence-electron chi connectivity index (χ4n) is 1.58. The maximum Gasteiger partial charge on any atom is 0.273 e. The van der Waals surface area contributed by atoms with E-state index in [0.29, 0.717) is 0 Å². The molecule has 0 bridgehead atoms. The van der Waals surface area contributed by atoms with Crippen LogP contribution in [0.2, 0.25) is 0 Å². The van der Waals surface area contributed by atoms with Gasteiger partial charge in [0.25, 0.3) is 12.3 Å². The van der Waals surface area contributed by atoms with Crippen molar-refractivity contribution in [3.05, 3.63) is 24.0 Å². The lowest BCUT2D eigenvalue weighted by molar-refractivity contribution is 0.0770. The molecule has 118 valence electrons. The summed E-state index contributed by atoms with van der Waals surface area (Å²) in [4.78, 5) is 15.8. The Morgan fingerprint density at radius 3 is 2.86 bits per heavy atom. The number of ether oxygens (including phenoxy) is 1. The lowest BCUT2D eigenvalue weighted by Gasteiger charge is -2.17. The largest absolute Gasteiger partial charge is 0.485 e. The van der Waals surface area contributed by atoms with Crippen LogP contribution in [0.25, 0.3) is 0 Å². The number of halogens is 2. The van der Waals surface area contributed by atoms with E-state index < -0.39 is 25.0 Å². The quantitative estimate of drug-likeness (QED) is 0.769. The first kappa shape index (κ1) is 17.3. The number of nitrogens with zero attached hydrogens (tertiary/aromatic N) is 1. The Morgan fingerprint density at radius 1 is 1.52 bits per heavy atom. The lowest BCUT2D eigenvalue weighted by atomic mass is 10.0. The van der Waals surface area contributed by atoms with Gasteiger partial charge in [-0.2, -0.15) is 0 Å². The number of carbonyl (C=O) groups is 1. The van der Waals surface area contributed by atoms with Crippen LogP contribution in [0, 0.1) is 5.92 Å². The van der Waals surface area contributed by atoms with Crippen LogP contribution in [0.5, 0.6) is 5.75 Å². The summed E-state index contributed by atoms with van der Waals surface area (Å²) in [6, 6.07) is 2.89. The molecule has 0 aliphatic carbocycles. The molecule has 21 heavy (non-hydrogen) atoms. The molecular weight excluding hydrogens is 282 g/mol. The van der Waals surface area contributed by atoms with Gasteiger partial charge in [0.2, 0.25) is 0 Å². The number of amides is 1. The van der Waals surface area contributed by atoms with Crippen LogP contribution in [0.15, 0.2) is 18.3 Å². The molecule has 1 aromatic heterocycles. The highest BCUT2D eigenvalue weighted by atomic mass is 19.3. The minimum Gasteiger partial charge on any atom is -0.485 e. The highest BCUT2D eigenvalue weighted by Crippen LogP contribution is 2.16. The number of carbonyl (C=O) groups excluding carboxylic acids is 1. The standard InChI is InChI=1S/C14H20F2N2O3/c1-3-9(2)10(19)7-18-14(20)13-11(5-4-6-17-13)21-8-12(15)16/h4-6,9-10,12,19H,3,7-8H2,1-2H3,(H,18,20). The van der Waals surface area contributed by atoms with Gasteiger partial charge in [-0.05, 0) is 18.1 Å². The van der Waals surface area contributed by atoms with Crippen molar-refractivity contribution in [2.24, 2.45) is 5.92 Å². The molecule has 0 saturated carbocycles. The minimum absolute atomic E-state index is 0.00618. The Balaban J connectivity index is 2.65. The van der Waals surface area contributed by atoms with Crippen molar-refractivity contribution in [1.82, 2.24) is 10.3 Å². The molecule has 0 aliphatic rings. The Hall–Kier alpha value is -1.76. The Labute approximate surface area is 122 Å². The van der Waals surface area contributed by atoms with Gasteiger partial charge < -0.3 is 15.2 Å². The first-order chi connectivity index (χ1) is 9.95. The molecule has 7 heteroatoms. The van der Waals surface area contributed by atoms with Crippen LogP contribution in [-0.2, 0) is 0 Å². The zero-order valence-corrected chi connectivity index (χ0v) is 12.1. The van der Waals surface area contributed by atoms with E-state index in [1.165, 1.54) is 18.3 Å². The van der Waals surface area contributed by atoms with Gasteiger partial charge in [-0.15, -0.1) is 0 Å². The third-order valence-corrected chi connectivity index (χ3v) is 3.12. The monoisotopic (exact) mass is 302 g/mol. The number of hydrogen-bond acceptors (Lipinski definition) is 4. The van der Waals surface area contributed by atoms with Gasteiger partial charge in [-0.3, -0.25) is 4.79 Å². The summed E-state index contributed by atoms with van der Waals surface area (Å²) in [5, 5.41) is 12.3. The van der Waals surface area contributed by atoms with Crippen molar-refractivity contribution in [2.75, 3.05) is 13.2 Å². The molecule has 1 rings (SSSR count). The van der Waals surface area contributed by atoms with Gasteiger partial charge in [-0.25, -0.2) is 13.8 Å². The van der Waals surface area contributed by atoms with Gasteiger partial charge in [0, 0.05) is 12.7 Å². The van der Waals surface area contributed by atoms with Crippen molar-refractivity contribution in [3.8, 4) is 5.75 Å². The van der Waals surface area contributed by atoms with Crippen LogP contribution in [0.1, 0.15) is 30.8 Å². The second-order valence-electron chi connectivity index (χ2n) is 4.72. The number of aliphatic hydroxyl groups excluding tert-OH is 1. The number of aromatic nitrogens is 1. The van der Waals surface area contributed by atoms with Crippen LogP contribution in [-0.4, -0.2) is 41.7 Å². The molecule has 1 heterocycles. The molecule has 0 spiro atoms. The van der Waals surface area contributed by atoms with Gasteiger partial charge in [0.15, 0.2) is 11.4 Å². The molecule has 0 fully saturated rings. The summed E-state index contributed by atoms with van der Waals surface area (Å²) >= 11 is 0. The molecule has 0 aliphatic heterocycles. The predicted molar refractivity (Wildman–Crippen MR) is 73.5 cm³/mol. The first-order valence-electron chi connectivity index (χ1n) is 6.77. The average molecular weight is 302 g/mol. The predicted octanol–water partition coefficient (Wildman–Crippen LogP) is 1.86. The average Bonchev–Trinajstić information content (AvgIpc) is 2.49. The fraction of sp³-hybridized carbons (Fsp3) is 0.571. The maximum atomic E-state index is 12.2. The summed E-state index contributed by atoms with van der Waals surface area (Å²) < 4.78 is 29.2. The third-order valence-electron chi connectivity index (χ3n) is 3.12. The summed E-state index contributed by atoms with van der Waals surface area (Å²) in [5.74, 6) is -0.529. The maximum absolute atomic E-state index is 12.2. The fourth-order valence-corrected chi connectivity index (χ4v) is 1.58. The number of alkyl halides is 2. The molecule has 2 N–H and O–H groups in total. The SMILES string of the molecule is CCC(C)C(O)CNC(=O)c1ncccc1OCC(F)F. The molecular formula is C14H20F2N2O3. The normalized spacial score (nSPS) is 13.8. The zero-order valence-electron chi connectivity index (χ0n) is 12.1. The molecule has 5 nitrogen and oxygen atoms in total. The molecule has 1 amide bonds. The topological polar surface area (TPSA) is 71.5 Å². The van der Waals surface area contributed by atoms with Crippen molar-refractivity contribution in [3.63, 3.8) is 0 Å². The van der Waals surface area contributed by atoms with Crippen LogP contribution >= 0.6 is 0 Å². The number of aliphatic hydroxyl groups is 1. The molecule has 0 radical (unpaired) electrons. The van der Waals surface area contributed by atoms with E-state index in [0.717, 1.165) is 6.42 Å².